The number of non-ortho nitro benzene ring substituents is 1. The summed E-state index contributed by atoms with van der Waals surface area (Å²) in [5.74, 6) is -1.48. The number of hydrogen-bond acceptors (Lipinski definition) is 11. The van der Waals surface area contributed by atoms with Crippen molar-refractivity contribution in [3.8, 4) is 5.75 Å². The number of nitrogens with one attached hydrogen (secondary N) is 3. The average molecular weight is 618 g/mol. The molecule has 0 aliphatic heterocycles. The van der Waals surface area contributed by atoms with E-state index in [4.69, 9.17) is 24.7 Å². The van der Waals surface area contributed by atoms with Crippen LogP contribution in [0.1, 0.15) is 32.8 Å². The Labute approximate surface area is 254 Å². The molecule has 0 spiro atoms. The Bertz CT molecular complexity index is 1240. The number of ether oxygens (including phenoxy) is 4. The van der Waals surface area contributed by atoms with Crippen molar-refractivity contribution in [1.82, 2.24) is 10.6 Å². The van der Waals surface area contributed by atoms with Gasteiger partial charge in [-0.2, -0.15) is 0 Å². The molecule has 0 saturated heterocycles. The molecule has 240 valence electrons. The maximum Gasteiger partial charge on any atom is 0.514 e. The molecule has 2 rings (SSSR count). The predicted octanol–water partition coefficient (Wildman–Crippen LogP) is 2.28. The third kappa shape index (κ3) is 13.1. The minimum atomic E-state index is -0.991. The van der Waals surface area contributed by atoms with Crippen molar-refractivity contribution in [2.24, 2.45) is 11.7 Å². The van der Waals surface area contributed by atoms with E-state index >= 15 is 0 Å². The van der Waals surface area contributed by atoms with Crippen molar-refractivity contribution in [2.75, 3.05) is 38.3 Å². The van der Waals surface area contributed by atoms with Gasteiger partial charge in [-0.05, 0) is 42.7 Å². The summed E-state index contributed by atoms with van der Waals surface area (Å²) in [4.78, 5) is 59.9. The molecule has 5 N–H and O–H groups in total. The Morgan fingerprint density at radius 1 is 0.864 bits per heavy atom. The van der Waals surface area contributed by atoms with E-state index in [2.05, 4.69) is 16.0 Å². The molecule has 0 fully saturated rings. The highest BCUT2D eigenvalue weighted by molar-refractivity contribution is 5.98. The summed E-state index contributed by atoms with van der Waals surface area (Å²) in [6.45, 7) is 6.67. The number of benzene rings is 2. The molecule has 15 nitrogen and oxygen atoms in total. The van der Waals surface area contributed by atoms with E-state index in [-0.39, 0.29) is 42.9 Å². The van der Waals surface area contributed by atoms with Gasteiger partial charge in [0.2, 0.25) is 17.7 Å². The lowest BCUT2D eigenvalue weighted by atomic mass is 10.0. The molecule has 15 heteroatoms. The zero-order chi connectivity index (χ0) is 32.5. The van der Waals surface area contributed by atoms with E-state index in [0.29, 0.717) is 37.6 Å². The van der Waals surface area contributed by atoms with Crippen LogP contribution in [-0.2, 0) is 35.2 Å². The Morgan fingerprint density at radius 2 is 1.50 bits per heavy atom. The standard InChI is InChI=1S/C29H39N5O10/c1-19(2)26(33-25(35)12-14-41-16-17-42-15-13-30)28(37)31-20(3)27(36)32-22-6-4-21(5-7-22)18-43-29(38)44-24-10-8-23(9-11-24)34(39)40/h4-11,19-20,26H,12-18,30H2,1-3H3,(H,31,37)(H,32,36)(H,33,35)/t20?,26-/m0/s1. The van der Waals surface area contributed by atoms with Gasteiger partial charge >= 0.3 is 6.16 Å². The Morgan fingerprint density at radius 3 is 2.09 bits per heavy atom. The van der Waals surface area contributed by atoms with Crippen LogP contribution in [0.3, 0.4) is 0 Å². The van der Waals surface area contributed by atoms with Gasteiger partial charge in [0.15, 0.2) is 0 Å². The minimum absolute atomic E-state index is 0.0609. The van der Waals surface area contributed by atoms with Crippen LogP contribution in [0.15, 0.2) is 48.5 Å². The maximum absolute atomic E-state index is 12.9. The number of amides is 3. The lowest BCUT2D eigenvalue weighted by Crippen LogP contribution is -2.53. The largest absolute Gasteiger partial charge is 0.514 e. The van der Waals surface area contributed by atoms with E-state index in [1.54, 1.807) is 38.1 Å². The molecule has 0 aliphatic rings. The quantitative estimate of drug-likeness (QED) is 0.0626. The lowest BCUT2D eigenvalue weighted by Gasteiger charge is -2.24. The predicted molar refractivity (Wildman–Crippen MR) is 159 cm³/mol. The molecule has 0 aromatic heterocycles. The molecule has 44 heavy (non-hydrogen) atoms. The normalized spacial score (nSPS) is 12.1. The van der Waals surface area contributed by atoms with Crippen LogP contribution in [0.5, 0.6) is 5.75 Å². The Hall–Kier alpha value is -4.60. The first-order valence-corrected chi connectivity index (χ1v) is 13.9. The minimum Gasteiger partial charge on any atom is -0.429 e. The van der Waals surface area contributed by atoms with E-state index in [1.165, 1.54) is 31.2 Å². The fourth-order valence-electron chi connectivity index (χ4n) is 3.56. The van der Waals surface area contributed by atoms with Gasteiger partial charge in [0.25, 0.3) is 5.69 Å². The third-order valence-corrected chi connectivity index (χ3v) is 5.95. The van der Waals surface area contributed by atoms with Crippen molar-refractivity contribution < 1.29 is 43.0 Å². The van der Waals surface area contributed by atoms with Crippen molar-refractivity contribution in [2.45, 2.75) is 45.9 Å². The molecule has 3 amide bonds. The van der Waals surface area contributed by atoms with Gasteiger partial charge in [-0.15, -0.1) is 0 Å². The highest BCUT2D eigenvalue weighted by Crippen LogP contribution is 2.18. The molecule has 2 aromatic rings. The van der Waals surface area contributed by atoms with Gasteiger partial charge in [-0.25, -0.2) is 4.79 Å². The monoisotopic (exact) mass is 617 g/mol. The van der Waals surface area contributed by atoms with Gasteiger partial charge in [-0.3, -0.25) is 24.5 Å². The summed E-state index contributed by atoms with van der Waals surface area (Å²) in [6.07, 6.45) is -0.931. The topological polar surface area (TPSA) is 210 Å². The summed E-state index contributed by atoms with van der Waals surface area (Å²) < 4.78 is 20.6. The van der Waals surface area contributed by atoms with Gasteiger partial charge in [0.05, 0.1) is 31.4 Å². The first-order valence-electron chi connectivity index (χ1n) is 13.9. The molecule has 0 heterocycles. The lowest BCUT2D eigenvalue weighted by molar-refractivity contribution is -0.384. The highest BCUT2D eigenvalue weighted by atomic mass is 16.7. The van der Waals surface area contributed by atoms with Gasteiger partial charge in [-0.1, -0.05) is 26.0 Å². The number of carbonyl (C=O) groups excluding carboxylic acids is 4. The number of nitrogens with zero attached hydrogens (tertiary/aromatic N) is 1. The van der Waals surface area contributed by atoms with Crippen molar-refractivity contribution in [3.63, 3.8) is 0 Å². The van der Waals surface area contributed by atoms with Crippen LogP contribution in [0.25, 0.3) is 0 Å². The molecule has 0 saturated carbocycles. The van der Waals surface area contributed by atoms with Gasteiger partial charge in [0.1, 0.15) is 24.4 Å². The van der Waals surface area contributed by atoms with Crippen LogP contribution in [-0.4, -0.2) is 73.9 Å². The molecular weight excluding hydrogens is 578 g/mol. The first-order chi connectivity index (χ1) is 21.0. The number of rotatable bonds is 18. The molecule has 0 bridgehead atoms. The summed E-state index contributed by atoms with van der Waals surface area (Å²) >= 11 is 0. The molecular formula is C29H39N5O10. The van der Waals surface area contributed by atoms with Crippen LogP contribution in [0, 0.1) is 16.0 Å². The second kappa shape index (κ2) is 18.8. The molecule has 1 unspecified atom stereocenters. The van der Waals surface area contributed by atoms with Crippen LogP contribution in [0.4, 0.5) is 16.2 Å². The fourth-order valence-corrected chi connectivity index (χ4v) is 3.56. The Balaban J connectivity index is 1.76. The third-order valence-electron chi connectivity index (χ3n) is 5.95. The molecule has 2 atom stereocenters. The fraction of sp³-hybridized carbons (Fsp3) is 0.448. The van der Waals surface area contributed by atoms with Crippen LogP contribution < -0.4 is 26.4 Å². The van der Waals surface area contributed by atoms with Crippen LogP contribution >= 0.6 is 0 Å². The molecule has 0 radical (unpaired) electrons. The summed E-state index contributed by atoms with van der Waals surface area (Å²) in [6, 6.07) is 9.63. The summed E-state index contributed by atoms with van der Waals surface area (Å²) in [5.41, 5.74) is 6.23. The number of nitrogens with two attached hydrogens (primary N) is 1. The average Bonchev–Trinajstić information content (AvgIpc) is 2.99. The van der Waals surface area contributed by atoms with E-state index < -0.39 is 35.0 Å². The van der Waals surface area contributed by atoms with Crippen molar-refractivity contribution in [3.05, 3.63) is 64.2 Å². The number of anilines is 1. The number of nitro benzene ring substituents is 1. The van der Waals surface area contributed by atoms with Gasteiger partial charge in [0, 0.05) is 30.8 Å². The SMILES string of the molecule is CC(NC(=O)[C@@H](NC(=O)CCOCCOCCN)C(C)C)C(=O)Nc1ccc(COC(=O)Oc2ccc([N+](=O)[O-])cc2)cc1. The summed E-state index contributed by atoms with van der Waals surface area (Å²) in [7, 11) is 0. The van der Waals surface area contributed by atoms with Crippen LogP contribution in [0.2, 0.25) is 0 Å². The van der Waals surface area contributed by atoms with E-state index in [0.717, 1.165) is 0 Å². The maximum atomic E-state index is 12.9. The number of carbonyl (C=O) groups is 4. The zero-order valence-corrected chi connectivity index (χ0v) is 24.9. The highest BCUT2D eigenvalue weighted by Gasteiger charge is 2.27. The zero-order valence-electron chi connectivity index (χ0n) is 24.9. The van der Waals surface area contributed by atoms with E-state index in [9.17, 15) is 29.3 Å². The first kappa shape index (κ1) is 35.6. The molecule has 2 aromatic carbocycles. The van der Waals surface area contributed by atoms with Crippen molar-refractivity contribution >= 4 is 35.3 Å². The number of nitro groups is 1. The number of hydrogen-bond donors (Lipinski definition) is 4. The second-order valence-corrected chi connectivity index (χ2v) is 9.86. The van der Waals surface area contributed by atoms with E-state index in [1.807, 2.05) is 0 Å². The Kier molecular flexibility index (Phi) is 15.2. The van der Waals surface area contributed by atoms with Gasteiger partial charge < -0.3 is 40.6 Å². The van der Waals surface area contributed by atoms with Crippen molar-refractivity contribution in [1.29, 1.82) is 0 Å². The summed E-state index contributed by atoms with van der Waals surface area (Å²) in [5, 5.41) is 18.7. The smallest absolute Gasteiger partial charge is 0.429 e. The second-order valence-electron chi connectivity index (χ2n) is 9.86. The molecule has 0 aliphatic carbocycles.